The number of carbonyl (C=O) groups excluding carboxylic acids is 1. The molecular formula is C24H27FN4O2. The van der Waals surface area contributed by atoms with E-state index in [1.54, 1.807) is 28.5 Å². The summed E-state index contributed by atoms with van der Waals surface area (Å²) in [5.74, 6) is -0.635. The van der Waals surface area contributed by atoms with Gasteiger partial charge >= 0.3 is 0 Å². The summed E-state index contributed by atoms with van der Waals surface area (Å²) in [6, 6.07) is 16.1. The number of hydrogen-bond donors (Lipinski definition) is 1. The highest BCUT2D eigenvalue weighted by Crippen LogP contribution is 2.22. The van der Waals surface area contributed by atoms with Gasteiger partial charge in [0.05, 0.1) is 17.3 Å². The van der Waals surface area contributed by atoms with Crippen LogP contribution in [0.15, 0.2) is 59.4 Å². The largest absolute Gasteiger partial charge is 0.320 e. The normalized spacial score (nSPS) is 16.9. The summed E-state index contributed by atoms with van der Waals surface area (Å²) >= 11 is 0. The molecule has 6 nitrogen and oxygen atoms in total. The number of rotatable bonds is 5. The van der Waals surface area contributed by atoms with E-state index >= 15 is 0 Å². The zero-order valence-electron chi connectivity index (χ0n) is 17.8. The Balaban J connectivity index is 1.49. The highest BCUT2D eigenvalue weighted by Gasteiger charge is 2.28. The van der Waals surface area contributed by atoms with Crippen molar-refractivity contribution in [2.24, 2.45) is 13.0 Å². The fourth-order valence-electron chi connectivity index (χ4n) is 4.22. The molecular weight excluding hydrogens is 395 g/mol. The van der Waals surface area contributed by atoms with Gasteiger partial charge in [0.1, 0.15) is 11.5 Å². The number of halogens is 1. The minimum atomic E-state index is -0.251. The molecule has 1 aliphatic heterocycles. The van der Waals surface area contributed by atoms with Gasteiger partial charge in [0, 0.05) is 25.7 Å². The van der Waals surface area contributed by atoms with Crippen LogP contribution in [0.4, 0.5) is 10.1 Å². The van der Waals surface area contributed by atoms with Crippen molar-refractivity contribution in [1.29, 1.82) is 0 Å². The van der Waals surface area contributed by atoms with Gasteiger partial charge in [0.25, 0.3) is 5.56 Å². The van der Waals surface area contributed by atoms with Crippen LogP contribution >= 0.6 is 0 Å². The second-order valence-corrected chi connectivity index (χ2v) is 8.09. The van der Waals surface area contributed by atoms with Crippen LogP contribution in [0.25, 0.3) is 5.69 Å². The van der Waals surface area contributed by atoms with E-state index < -0.39 is 0 Å². The van der Waals surface area contributed by atoms with E-state index in [0.717, 1.165) is 25.1 Å². The Morgan fingerprint density at radius 1 is 1.13 bits per heavy atom. The zero-order valence-corrected chi connectivity index (χ0v) is 17.8. The molecule has 0 spiro atoms. The second kappa shape index (κ2) is 8.89. The number of likely N-dealkylation sites (tertiary alicyclic amines) is 1. The average Bonchev–Trinajstić information content (AvgIpc) is 2.99. The summed E-state index contributed by atoms with van der Waals surface area (Å²) in [5, 5.41) is 2.88. The average molecular weight is 423 g/mol. The molecule has 1 unspecified atom stereocenters. The van der Waals surface area contributed by atoms with Crippen molar-refractivity contribution in [2.45, 2.75) is 26.3 Å². The van der Waals surface area contributed by atoms with Crippen LogP contribution < -0.4 is 10.9 Å². The summed E-state index contributed by atoms with van der Waals surface area (Å²) in [5.41, 5.74) is 2.13. The van der Waals surface area contributed by atoms with Gasteiger partial charge in [0.2, 0.25) is 5.91 Å². The smallest absolute Gasteiger partial charge is 0.295 e. The van der Waals surface area contributed by atoms with E-state index in [1.807, 2.05) is 43.3 Å². The van der Waals surface area contributed by atoms with Crippen molar-refractivity contribution in [1.82, 2.24) is 14.3 Å². The highest BCUT2D eigenvalue weighted by molar-refractivity contribution is 5.93. The molecule has 162 valence electrons. The number of aromatic nitrogens is 2. The Kier molecular flexibility index (Phi) is 6.04. The van der Waals surface area contributed by atoms with E-state index in [0.29, 0.717) is 30.0 Å². The van der Waals surface area contributed by atoms with Crippen LogP contribution in [-0.2, 0) is 18.4 Å². The Morgan fingerprint density at radius 3 is 2.58 bits per heavy atom. The summed E-state index contributed by atoms with van der Waals surface area (Å²) < 4.78 is 17.3. The molecule has 2 aromatic carbocycles. The molecule has 1 aromatic heterocycles. The van der Waals surface area contributed by atoms with Gasteiger partial charge in [-0.3, -0.25) is 19.2 Å². The first-order valence-electron chi connectivity index (χ1n) is 10.6. The first kappa shape index (κ1) is 21.1. The van der Waals surface area contributed by atoms with Crippen molar-refractivity contribution >= 4 is 11.6 Å². The lowest BCUT2D eigenvalue weighted by molar-refractivity contribution is -0.121. The quantitative estimate of drug-likeness (QED) is 0.685. The van der Waals surface area contributed by atoms with E-state index in [2.05, 4.69) is 10.2 Å². The minimum Gasteiger partial charge on any atom is -0.320 e. The predicted molar refractivity (Wildman–Crippen MR) is 119 cm³/mol. The highest BCUT2D eigenvalue weighted by atomic mass is 19.1. The SMILES string of the molecule is Cc1c(NC(=O)C2CCCN(Cc3ccccc3F)C2)c(=O)n(-c2ccccc2)n1C. The number of para-hydroxylation sites is 1. The Morgan fingerprint density at radius 2 is 1.84 bits per heavy atom. The predicted octanol–water partition coefficient (Wildman–Crippen LogP) is 3.47. The molecule has 4 rings (SSSR count). The van der Waals surface area contributed by atoms with Crippen LogP contribution in [0.3, 0.4) is 0 Å². The number of nitrogens with one attached hydrogen (secondary N) is 1. The molecule has 1 N–H and O–H groups in total. The molecule has 7 heteroatoms. The van der Waals surface area contributed by atoms with Crippen LogP contribution in [0.5, 0.6) is 0 Å². The molecule has 3 aromatic rings. The summed E-state index contributed by atoms with van der Waals surface area (Å²) in [7, 11) is 1.80. The molecule has 0 radical (unpaired) electrons. The molecule has 0 saturated carbocycles. The minimum absolute atomic E-state index is 0.163. The number of benzene rings is 2. The Hall–Kier alpha value is -3.19. The molecule has 2 heterocycles. The number of carbonyl (C=O) groups is 1. The van der Waals surface area contributed by atoms with Crippen LogP contribution in [0.1, 0.15) is 24.1 Å². The van der Waals surface area contributed by atoms with Crippen LogP contribution in [-0.4, -0.2) is 33.3 Å². The van der Waals surface area contributed by atoms with Gasteiger partial charge in [-0.2, -0.15) is 0 Å². The first-order valence-corrected chi connectivity index (χ1v) is 10.6. The first-order chi connectivity index (χ1) is 15.0. The van der Waals surface area contributed by atoms with Crippen molar-refractivity contribution in [3.05, 3.63) is 82.0 Å². The maximum Gasteiger partial charge on any atom is 0.295 e. The molecule has 0 aliphatic carbocycles. The fourth-order valence-corrected chi connectivity index (χ4v) is 4.22. The van der Waals surface area contributed by atoms with Crippen molar-refractivity contribution < 1.29 is 9.18 Å². The Labute approximate surface area is 180 Å². The zero-order chi connectivity index (χ0) is 22.0. The second-order valence-electron chi connectivity index (χ2n) is 8.09. The van der Waals surface area contributed by atoms with Crippen LogP contribution in [0.2, 0.25) is 0 Å². The van der Waals surface area contributed by atoms with E-state index in [9.17, 15) is 14.0 Å². The number of piperidine rings is 1. The maximum atomic E-state index is 14.0. The third kappa shape index (κ3) is 4.32. The number of anilines is 1. The number of nitrogens with zero attached hydrogens (tertiary/aromatic N) is 3. The van der Waals surface area contributed by atoms with Crippen molar-refractivity contribution in [3.63, 3.8) is 0 Å². The number of amides is 1. The third-order valence-electron chi connectivity index (χ3n) is 6.03. The number of hydrogen-bond acceptors (Lipinski definition) is 3. The molecule has 1 amide bonds. The van der Waals surface area contributed by atoms with Gasteiger partial charge in [-0.1, -0.05) is 36.4 Å². The fraction of sp³-hybridized carbons (Fsp3) is 0.333. The van der Waals surface area contributed by atoms with Crippen molar-refractivity contribution in [2.75, 3.05) is 18.4 Å². The molecule has 1 atom stereocenters. The summed E-state index contributed by atoms with van der Waals surface area (Å²) in [4.78, 5) is 28.2. The lowest BCUT2D eigenvalue weighted by Crippen LogP contribution is -2.41. The third-order valence-corrected chi connectivity index (χ3v) is 6.03. The lowest BCUT2D eigenvalue weighted by atomic mass is 9.96. The van der Waals surface area contributed by atoms with Gasteiger partial charge < -0.3 is 5.32 Å². The van der Waals surface area contributed by atoms with Gasteiger partial charge in [-0.25, -0.2) is 9.07 Å². The van der Waals surface area contributed by atoms with E-state index in [4.69, 9.17) is 0 Å². The maximum absolute atomic E-state index is 14.0. The van der Waals surface area contributed by atoms with Gasteiger partial charge in [-0.15, -0.1) is 0 Å². The standard InChI is InChI=1S/C24H27FN4O2/c1-17-22(24(31)29(27(17)2)20-11-4-3-5-12-20)26-23(30)19-10-8-14-28(16-19)15-18-9-6-7-13-21(18)25/h3-7,9,11-13,19H,8,10,14-16H2,1-2H3,(H,26,30). The summed E-state index contributed by atoms with van der Waals surface area (Å²) in [6.45, 7) is 3.66. The van der Waals surface area contributed by atoms with Crippen molar-refractivity contribution in [3.8, 4) is 5.69 Å². The van der Waals surface area contributed by atoms with Crippen LogP contribution in [0, 0.1) is 18.7 Å². The van der Waals surface area contributed by atoms with E-state index in [1.165, 1.54) is 6.07 Å². The Bertz CT molecular complexity index is 1140. The molecule has 1 aliphatic rings. The summed E-state index contributed by atoms with van der Waals surface area (Å²) in [6.07, 6.45) is 1.60. The molecule has 31 heavy (non-hydrogen) atoms. The molecule has 0 bridgehead atoms. The van der Waals surface area contributed by atoms with Gasteiger partial charge in [-0.05, 0) is 44.5 Å². The monoisotopic (exact) mass is 422 g/mol. The van der Waals surface area contributed by atoms with E-state index in [-0.39, 0.29) is 23.2 Å². The van der Waals surface area contributed by atoms with Gasteiger partial charge in [0.15, 0.2) is 0 Å². The topological polar surface area (TPSA) is 59.3 Å². The lowest BCUT2D eigenvalue weighted by Gasteiger charge is -2.32. The molecule has 1 saturated heterocycles. The molecule has 1 fully saturated rings.